The van der Waals surface area contributed by atoms with E-state index in [-0.39, 0.29) is 11.6 Å². The summed E-state index contributed by atoms with van der Waals surface area (Å²) in [5, 5.41) is 18.4. The first-order valence-corrected chi connectivity index (χ1v) is 4.25. The summed E-state index contributed by atoms with van der Waals surface area (Å²) in [5.74, 6) is -1.25. The maximum atomic E-state index is 10.8. The number of carboxylic acid groups (broad SMARTS) is 1. The highest BCUT2D eigenvalue weighted by Crippen LogP contribution is 2.21. The standard InChI is InChI=1S/C10H8N2O3/c13-8-4-2-1-3-7(8)12-6-5-11-9(12)10(14)15/h1-6,13H,(H,14,15). The monoisotopic (exact) mass is 204 g/mol. The number of para-hydroxylation sites is 2. The first-order valence-electron chi connectivity index (χ1n) is 4.25. The van der Waals surface area contributed by atoms with E-state index in [0.717, 1.165) is 0 Å². The van der Waals surface area contributed by atoms with Crippen molar-refractivity contribution in [1.82, 2.24) is 9.55 Å². The predicted octanol–water partition coefficient (Wildman–Crippen LogP) is 1.28. The molecule has 0 aliphatic rings. The minimum absolute atomic E-state index is 0.0120. The van der Waals surface area contributed by atoms with Crippen molar-refractivity contribution in [1.29, 1.82) is 0 Å². The second-order valence-corrected chi connectivity index (χ2v) is 2.91. The third-order valence-corrected chi connectivity index (χ3v) is 1.97. The molecule has 0 spiro atoms. The smallest absolute Gasteiger partial charge is 0.372 e. The number of phenolic OH excluding ortho intramolecular Hbond substituents is 1. The number of nitrogens with zero attached hydrogens (tertiary/aromatic N) is 2. The average molecular weight is 204 g/mol. The van der Waals surface area contributed by atoms with E-state index in [1.165, 1.54) is 23.0 Å². The fourth-order valence-electron chi connectivity index (χ4n) is 1.32. The Balaban J connectivity index is 2.59. The van der Waals surface area contributed by atoms with Crippen LogP contribution < -0.4 is 0 Å². The molecule has 1 aromatic heterocycles. The van der Waals surface area contributed by atoms with Crippen LogP contribution in [0, 0.1) is 0 Å². The van der Waals surface area contributed by atoms with Gasteiger partial charge < -0.3 is 10.2 Å². The molecular weight excluding hydrogens is 196 g/mol. The SMILES string of the molecule is O=C(O)c1nccn1-c1ccccc1O. The van der Waals surface area contributed by atoms with Gasteiger partial charge in [0.15, 0.2) is 0 Å². The maximum absolute atomic E-state index is 10.8. The number of aromatic hydroxyl groups is 1. The molecule has 0 aliphatic carbocycles. The Labute approximate surface area is 85.2 Å². The lowest BCUT2D eigenvalue weighted by molar-refractivity contribution is 0.0681. The molecule has 1 aromatic carbocycles. The Kier molecular flexibility index (Phi) is 2.13. The number of phenols is 1. The normalized spacial score (nSPS) is 10.1. The zero-order valence-electron chi connectivity index (χ0n) is 7.66. The fraction of sp³-hybridized carbons (Fsp3) is 0. The number of hydrogen-bond acceptors (Lipinski definition) is 3. The van der Waals surface area contributed by atoms with Crippen molar-refractivity contribution < 1.29 is 15.0 Å². The minimum Gasteiger partial charge on any atom is -0.506 e. The van der Waals surface area contributed by atoms with E-state index >= 15 is 0 Å². The molecule has 2 rings (SSSR count). The predicted molar refractivity (Wildman–Crippen MR) is 52.2 cm³/mol. The van der Waals surface area contributed by atoms with Crippen LogP contribution in [0.2, 0.25) is 0 Å². The van der Waals surface area contributed by atoms with Crippen molar-refractivity contribution in [3.8, 4) is 11.4 Å². The molecule has 0 amide bonds. The molecule has 2 aromatic rings. The number of aromatic nitrogens is 2. The quantitative estimate of drug-likeness (QED) is 0.772. The zero-order valence-corrected chi connectivity index (χ0v) is 7.66. The summed E-state index contributed by atoms with van der Waals surface area (Å²) in [4.78, 5) is 14.5. The fourth-order valence-corrected chi connectivity index (χ4v) is 1.32. The van der Waals surface area contributed by atoms with Crippen LogP contribution in [0.4, 0.5) is 0 Å². The van der Waals surface area contributed by atoms with Gasteiger partial charge in [-0.25, -0.2) is 9.78 Å². The molecule has 76 valence electrons. The number of imidazole rings is 1. The highest BCUT2D eigenvalue weighted by molar-refractivity contribution is 5.84. The van der Waals surface area contributed by atoms with Gasteiger partial charge in [0, 0.05) is 12.4 Å². The van der Waals surface area contributed by atoms with E-state index in [2.05, 4.69) is 4.98 Å². The molecule has 0 fully saturated rings. The molecule has 0 bridgehead atoms. The number of aromatic carboxylic acids is 1. The molecule has 5 nitrogen and oxygen atoms in total. The van der Waals surface area contributed by atoms with Gasteiger partial charge in [-0.3, -0.25) is 4.57 Å². The molecule has 1 heterocycles. The second kappa shape index (κ2) is 3.45. The van der Waals surface area contributed by atoms with Crippen LogP contribution in [0.3, 0.4) is 0 Å². The molecular formula is C10H8N2O3. The van der Waals surface area contributed by atoms with E-state index < -0.39 is 5.97 Å². The van der Waals surface area contributed by atoms with Gasteiger partial charge in [0.25, 0.3) is 0 Å². The third-order valence-electron chi connectivity index (χ3n) is 1.97. The maximum Gasteiger partial charge on any atom is 0.372 e. The number of benzene rings is 1. The summed E-state index contributed by atoms with van der Waals surface area (Å²) < 4.78 is 1.32. The third kappa shape index (κ3) is 1.54. The van der Waals surface area contributed by atoms with Crippen LogP contribution in [0.15, 0.2) is 36.7 Å². The van der Waals surface area contributed by atoms with Gasteiger partial charge in [-0.2, -0.15) is 0 Å². The molecule has 0 atom stereocenters. The van der Waals surface area contributed by atoms with Crippen LogP contribution in [-0.4, -0.2) is 25.7 Å². The number of hydrogen-bond donors (Lipinski definition) is 2. The molecule has 0 radical (unpaired) electrons. The van der Waals surface area contributed by atoms with Crippen molar-refractivity contribution in [3.63, 3.8) is 0 Å². The number of carboxylic acids is 1. The van der Waals surface area contributed by atoms with E-state index in [0.29, 0.717) is 5.69 Å². The van der Waals surface area contributed by atoms with Gasteiger partial charge in [0.05, 0.1) is 5.69 Å². The second-order valence-electron chi connectivity index (χ2n) is 2.91. The van der Waals surface area contributed by atoms with E-state index in [4.69, 9.17) is 5.11 Å². The van der Waals surface area contributed by atoms with Gasteiger partial charge in [0.2, 0.25) is 5.82 Å². The average Bonchev–Trinajstić information content (AvgIpc) is 2.67. The van der Waals surface area contributed by atoms with Crippen LogP contribution in [0.5, 0.6) is 5.75 Å². The van der Waals surface area contributed by atoms with Gasteiger partial charge in [-0.1, -0.05) is 12.1 Å². The van der Waals surface area contributed by atoms with E-state index in [9.17, 15) is 9.90 Å². The molecule has 5 heteroatoms. The summed E-state index contributed by atoms with van der Waals surface area (Å²) in [5.41, 5.74) is 0.396. The Bertz CT molecular complexity index is 505. The van der Waals surface area contributed by atoms with Gasteiger partial charge in [-0.15, -0.1) is 0 Å². The van der Waals surface area contributed by atoms with Crippen molar-refractivity contribution in [2.75, 3.05) is 0 Å². The van der Waals surface area contributed by atoms with Crippen molar-refractivity contribution in [3.05, 3.63) is 42.5 Å². The topological polar surface area (TPSA) is 75.3 Å². The molecule has 15 heavy (non-hydrogen) atoms. The molecule has 2 N–H and O–H groups in total. The van der Waals surface area contributed by atoms with E-state index in [1.807, 2.05) is 0 Å². The summed E-state index contributed by atoms with van der Waals surface area (Å²) in [6.45, 7) is 0. The molecule has 0 aliphatic heterocycles. The van der Waals surface area contributed by atoms with Crippen LogP contribution in [0.25, 0.3) is 5.69 Å². The Hall–Kier alpha value is -2.30. The minimum atomic E-state index is -1.14. The Morgan fingerprint density at radius 2 is 2.07 bits per heavy atom. The largest absolute Gasteiger partial charge is 0.506 e. The first kappa shape index (κ1) is 9.26. The Morgan fingerprint density at radius 1 is 1.33 bits per heavy atom. The van der Waals surface area contributed by atoms with Crippen LogP contribution in [0.1, 0.15) is 10.6 Å². The van der Waals surface area contributed by atoms with Crippen molar-refractivity contribution in [2.24, 2.45) is 0 Å². The van der Waals surface area contributed by atoms with E-state index in [1.54, 1.807) is 18.2 Å². The lowest BCUT2D eigenvalue weighted by Crippen LogP contribution is -2.07. The summed E-state index contributed by atoms with van der Waals surface area (Å²) in [6.07, 6.45) is 2.86. The zero-order chi connectivity index (χ0) is 10.8. The van der Waals surface area contributed by atoms with Gasteiger partial charge >= 0.3 is 5.97 Å². The summed E-state index contributed by atoms with van der Waals surface area (Å²) in [6, 6.07) is 6.47. The lowest BCUT2D eigenvalue weighted by Gasteiger charge is -2.06. The molecule has 0 unspecified atom stereocenters. The molecule has 0 saturated carbocycles. The highest BCUT2D eigenvalue weighted by atomic mass is 16.4. The number of rotatable bonds is 2. The van der Waals surface area contributed by atoms with Crippen LogP contribution in [-0.2, 0) is 0 Å². The number of carbonyl (C=O) groups is 1. The lowest BCUT2D eigenvalue weighted by atomic mass is 10.3. The van der Waals surface area contributed by atoms with Gasteiger partial charge in [-0.05, 0) is 12.1 Å². The first-order chi connectivity index (χ1) is 7.20. The molecule has 0 saturated heterocycles. The Morgan fingerprint density at radius 3 is 2.73 bits per heavy atom. The van der Waals surface area contributed by atoms with Crippen molar-refractivity contribution in [2.45, 2.75) is 0 Å². The summed E-state index contributed by atoms with van der Waals surface area (Å²) >= 11 is 0. The highest BCUT2D eigenvalue weighted by Gasteiger charge is 2.13. The summed E-state index contributed by atoms with van der Waals surface area (Å²) in [7, 11) is 0. The van der Waals surface area contributed by atoms with Crippen LogP contribution >= 0.6 is 0 Å². The van der Waals surface area contributed by atoms with Gasteiger partial charge in [0.1, 0.15) is 5.75 Å². The van der Waals surface area contributed by atoms with Crippen molar-refractivity contribution >= 4 is 5.97 Å².